The lowest BCUT2D eigenvalue weighted by Crippen LogP contribution is -2.16. The second-order valence-electron chi connectivity index (χ2n) is 5.87. The quantitative estimate of drug-likeness (QED) is 0.761. The third-order valence-electron chi connectivity index (χ3n) is 3.90. The number of benzene rings is 2. The van der Waals surface area contributed by atoms with E-state index in [2.05, 4.69) is 5.32 Å². The number of carbonyl (C=O) groups excluding carboxylic acids is 1. The molecule has 1 aliphatic rings. The van der Waals surface area contributed by atoms with E-state index < -0.39 is 11.8 Å². The van der Waals surface area contributed by atoms with Crippen molar-refractivity contribution in [3.63, 3.8) is 0 Å². The third-order valence-corrected chi connectivity index (χ3v) is 4.23. The maximum Gasteiger partial charge on any atom is 0.337 e. The summed E-state index contributed by atoms with van der Waals surface area (Å²) in [5.74, 6) is -1.71. The number of anilines is 1. The largest absolute Gasteiger partial charge is 0.478 e. The lowest BCUT2D eigenvalue weighted by molar-refractivity contribution is -0.117. The molecule has 0 aromatic heterocycles. The predicted molar refractivity (Wildman–Crippen MR) is 95.1 cm³/mol. The highest BCUT2D eigenvalue weighted by atomic mass is 35.5. The molecule has 0 atom stereocenters. The molecule has 25 heavy (non-hydrogen) atoms. The van der Waals surface area contributed by atoms with E-state index in [-0.39, 0.29) is 28.1 Å². The van der Waals surface area contributed by atoms with Crippen LogP contribution in [0.5, 0.6) is 0 Å². The van der Waals surface area contributed by atoms with Crippen molar-refractivity contribution in [2.75, 3.05) is 5.32 Å². The molecule has 0 bridgehead atoms. The van der Waals surface area contributed by atoms with E-state index in [4.69, 9.17) is 11.6 Å². The number of carboxylic acid groups (broad SMARTS) is 1. The molecule has 6 heteroatoms. The molecule has 0 radical (unpaired) electrons. The number of halogens is 2. The molecule has 2 N–H and O–H groups in total. The number of nitrogens with one attached hydrogen (secondary N) is 1. The van der Waals surface area contributed by atoms with Gasteiger partial charge in [-0.15, -0.1) is 0 Å². The van der Waals surface area contributed by atoms with Crippen LogP contribution in [0.1, 0.15) is 34.3 Å². The van der Waals surface area contributed by atoms with E-state index in [1.807, 2.05) is 0 Å². The first-order valence-electron chi connectivity index (χ1n) is 7.75. The maximum absolute atomic E-state index is 13.1. The van der Waals surface area contributed by atoms with Crippen molar-refractivity contribution >= 4 is 41.3 Å². The first-order valence-corrected chi connectivity index (χ1v) is 8.13. The Bertz CT molecular complexity index is 875. The Morgan fingerprint density at radius 3 is 2.56 bits per heavy atom. The van der Waals surface area contributed by atoms with Crippen LogP contribution in [0.25, 0.3) is 12.2 Å². The van der Waals surface area contributed by atoms with Crippen LogP contribution in [0.3, 0.4) is 0 Å². The van der Waals surface area contributed by atoms with Crippen LogP contribution in [0.15, 0.2) is 36.4 Å². The Morgan fingerprint density at radius 2 is 1.92 bits per heavy atom. The topological polar surface area (TPSA) is 66.4 Å². The highest BCUT2D eigenvalue weighted by Gasteiger charge is 2.30. The lowest BCUT2D eigenvalue weighted by atomic mass is 10.1. The zero-order valence-corrected chi connectivity index (χ0v) is 13.9. The van der Waals surface area contributed by atoms with Crippen LogP contribution in [0.2, 0.25) is 5.02 Å². The standard InChI is InChI=1S/C19H15ClFNO3/c20-16-10-14(21)7-6-12(16)3-1-11-2-8-17(15(9-11)19(24)25)22-18(23)13-4-5-13/h1-3,6-10,13H,4-5H2,(H,22,23)(H,24,25)/b3-1+. The zero-order valence-electron chi connectivity index (χ0n) is 13.1. The normalized spacial score (nSPS) is 13.8. The van der Waals surface area contributed by atoms with E-state index in [9.17, 15) is 19.1 Å². The van der Waals surface area contributed by atoms with E-state index in [1.54, 1.807) is 24.3 Å². The predicted octanol–water partition coefficient (Wildman–Crippen LogP) is 4.70. The molecule has 2 aromatic carbocycles. The molecule has 2 aromatic rings. The zero-order chi connectivity index (χ0) is 18.0. The summed E-state index contributed by atoms with van der Waals surface area (Å²) in [5, 5.41) is 12.3. The van der Waals surface area contributed by atoms with Gasteiger partial charge in [-0.1, -0.05) is 35.9 Å². The summed E-state index contributed by atoms with van der Waals surface area (Å²) in [5.41, 5.74) is 1.54. The smallest absolute Gasteiger partial charge is 0.337 e. The third kappa shape index (κ3) is 4.25. The van der Waals surface area contributed by atoms with Crippen molar-refractivity contribution < 1.29 is 19.1 Å². The van der Waals surface area contributed by atoms with Gasteiger partial charge in [0.25, 0.3) is 0 Å². The number of carboxylic acids is 1. The number of rotatable bonds is 5. The fraction of sp³-hybridized carbons (Fsp3) is 0.158. The van der Waals surface area contributed by atoms with Gasteiger partial charge < -0.3 is 10.4 Å². The van der Waals surface area contributed by atoms with Gasteiger partial charge >= 0.3 is 5.97 Å². The number of aromatic carboxylic acids is 1. The van der Waals surface area contributed by atoms with Crippen molar-refractivity contribution in [3.8, 4) is 0 Å². The van der Waals surface area contributed by atoms with Crippen molar-refractivity contribution in [2.45, 2.75) is 12.8 Å². The molecule has 1 saturated carbocycles. The van der Waals surface area contributed by atoms with E-state index in [0.29, 0.717) is 11.1 Å². The van der Waals surface area contributed by atoms with Crippen LogP contribution in [-0.2, 0) is 4.79 Å². The summed E-state index contributed by atoms with van der Waals surface area (Å²) in [6.07, 6.45) is 5.03. The van der Waals surface area contributed by atoms with Crippen molar-refractivity contribution in [1.29, 1.82) is 0 Å². The summed E-state index contributed by atoms with van der Waals surface area (Å²) < 4.78 is 13.1. The Balaban J connectivity index is 1.84. The fourth-order valence-corrected chi connectivity index (χ4v) is 2.58. The van der Waals surface area contributed by atoms with Crippen molar-refractivity contribution in [3.05, 3.63) is 63.9 Å². The van der Waals surface area contributed by atoms with Gasteiger partial charge in [0.2, 0.25) is 5.91 Å². The minimum Gasteiger partial charge on any atom is -0.478 e. The van der Waals surface area contributed by atoms with Crippen LogP contribution in [0, 0.1) is 11.7 Å². The van der Waals surface area contributed by atoms with Crippen LogP contribution >= 0.6 is 11.6 Å². The molecule has 1 aliphatic carbocycles. The monoisotopic (exact) mass is 359 g/mol. The molecule has 4 nitrogen and oxygen atoms in total. The molecule has 128 valence electrons. The number of hydrogen-bond acceptors (Lipinski definition) is 2. The SMILES string of the molecule is O=C(O)c1cc(/C=C/c2ccc(F)cc2Cl)ccc1NC(=O)C1CC1. The van der Waals surface area contributed by atoms with Crippen molar-refractivity contribution in [2.24, 2.45) is 5.92 Å². The minimum absolute atomic E-state index is 0.0122. The van der Waals surface area contributed by atoms with Gasteiger partial charge in [0.05, 0.1) is 16.3 Å². The Labute approximate surface area is 148 Å². The Kier molecular flexibility index (Phi) is 4.86. The molecule has 0 saturated heterocycles. The number of carbonyl (C=O) groups is 2. The molecule has 0 unspecified atom stereocenters. The second kappa shape index (κ2) is 7.07. The van der Waals surface area contributed by atoms with Gasteiger partial charge in [-0.2, -0.15) is 0 Å². The second-order valence-corrected chi connectivity index (χ2v) is 6.28. The summed E-state index contributed by atoms with van der Waals surface area (Å²) in [6.45, 7) is 0. The molecule has 1 amide bonds. The molecule has 0 spiro atoms. The van der Waals surface area contributed by atoms with Crippen molar-refractivity contribution in [1.82, 2.24) is 0 Å². The van der Waals surface area contributed by atoms with Crippen LogP contribution in [0.4, 0.5) is 10.1 Å². The van der Waals surface area contributed by atoms with Gasteiger partial charge in [-0.05, 0) is 48.2 Å². The van der Waals surface area contributed by atoms with E-state index >= 15 is 0 Å². The number of hydrogen-bond donors (Lipinski definition) is 2. The van der Waals surface area contributed by atoms with Crippen LogP contribution < -0.4 is 5.32 Å². The van der Waals surface area contributed by atoms with Gasteiger partial charge in [-0.25, -0.2) is 9.18 Å². The minimum atomic E-state index is -1.12. The molecule has 0 heterocycles. The number of amides is 1. The van der Waals surface area contributed by atoms with Gasteiger partial charge in [-0.3, -0.25) is 4.79 Å². The van der Waals surface area contributed by atoms with Gasteiger partial charge in [0.15, 0.2) is 0 Å². The van der Waals surface area contributed by atoms with Gasteiger partial charge in [0, 0.05) is 5.92 Å². The molecule has 0 aliphatic heterocycles. The van der Waals surface area contributed by atoms with Gasteiger partial charge in [0.1, 0.15) is 5.82 Å². The summed E-state index contributed by atoms with van der Waals surface area (Å²) in [7, 11) is 0. The van der Waals surface area contributed by atoms with E-state index in [0.717, 1.165) is 12.8 Å². The summed E-state index contributed by atoms with van der Waals surface area (Å²) in [6, 6.07) is 8.78. The Morgan fingerprint density at radius 1 is 1.16 bits per heavy atom. The molecular formula is C19H15ClFNO3. The molecule has 3 rings (SSSR count). The van der Waals surface area contributed by atoms with E-state index in [1.165, 1.54) is 24.3 Å². The first-order chi connectivity index (χ1) is 11.9. The molecule has 1 fully saturated rings. The average Bonchev–Trinajstić information content (AvgIpc) is 3.40. The Hall–Kier alpha value is -2.66. The first kappa shape index (κ1) is 17.2. The summed E-state index contributed by atoms with van der Waals surface area (Å²) in [4.78, 5) is 23.3. The molecular weight excluding hydrogens is 345 g/mol. The highest BCUT2D eigenvalue weighted by Crippen LogP contribution is 2.31. The highest BCUT2D eigenvalue weighted by molar-refractivity contribution is 6.32. The maximum atomic E-state index is 13.1. The lowest BCUT2D eigenvalue weighted by Gasteiger charge is -2.09. The fourth-order valence-electron chi connectivity index (χ4n) is 2.35. The summed E-state index contributed by atoms with van der Waals surface area (Å²) >= 11 is 5.96. The average molecular weight is 360 g/mol. The van der Waals surface area contributed by atoms with Crippen LogP contribution in [-0.4, -0.2) is 17.0 Å².